The Labute approximate surface area is 224 Å². The highest BCUT2D eigenvalue weighted by Crippen LogP contribution is 2.40. The van der Waals surface area contributed by atoms with Crippen molar-refractivity contribution in [1.82, 2.24) is 0 Å². The first-order chi connectivity index (χ1) is 17.3. The lowest BCUT2D eigenvalue weighted by Crippen LogP contribution is -2.34. The zero-order chi connectivity index (χ0) is 27.8. The molecular formula is C32H48O5. The molecule has 206 valence electrons. The lowest BCUT2D eigenvalue weighted by molar-refractivity contribution is -0.143. The second-order valence-corrected chi connectivity index (χ2v) is 11.6. The zero-order valence-corrected chi connectivity index (χ0v) is 24.1. The van der Waals surface area contributed by atoms with E-state index in [0.29, 0.717) is 18.3 Å². The predicted octanol–water partition coefficient (Wildman–Crippen LogP) is 6.54. The van der Waals surface area contributed by atoms with E-state index in [1.807, 2.05) is 58.9 Å². The third-order valence-electron chi connectivity index (χ3n) is 7.57. The first-order valence-corrected chi connectivity index (χ1v) is 13.8. The molecule has 1 N–H and O–H groups in total. The summed E-state index contributed by atoms with van der Waals surface area (Å²) in [6.45, 7) is 16.5. The summed E-state index contributed by atoms with van der Waals surface area (Å²) in [4.78, 5) is 24.6. The van der Waals surface area contributed by atoms with E-state index in [-0.39, 0.29) is 53.9 Å². The van der Waals surface area contributed by atoms with Crippen molar-refractivity contribution in [1.29, 1.82) is 0 Å². The first kappa shape index (κ1) is 31.0. The summed E-state index contributed by atoms with van der Waals surface area (Å²) < 4.78 is 11.6. The molecule has 2 aliphatic rings. The quantitative estimate of drug-likeness (QED) is 0.237. The maximum absolute atomic E-state index is 13.2. The van der Waals surface area contributed by atoms with Gasteiger partial charge in [0.1, 0.15) is 11.9 Å². The van der Waals surface area contributed by atoms with Crippen LogP contribution in [0.2, 0.25) is 0 Å². The van der Waals surface area contributed by atoms with Crippen LogP contribution in [0.4, 0.5) is 0 Å². The molecule has 0 aliphatic carbocycles. The van der Waals surface area contributed by atoms with E-state index in [0.717, 1.165) is 24.0 Å². The number of hydrogen-bond acceptors (Lipinski definition) is 5. The van der Waals surface area contributed by atoms with Crippen molar-refractivity contribution in [3.63, 3.8) is 0 Å². The first-order valence-electron chi connectivity index (χ1n) is 13.8. The lowest BCUT2D eigenvalue weighted by atomic mass is 9.83. The molecule has 0 aromatic heterocycles. The van der Waals surface area contributed by atoms with Gasteiger partial charge < -0.3 is 14.6 Å². The van der Waals surface area contributed by atoms with Crippen molar-refractivity contribution in [3.8, 4) is 0 Å². The number of cyclic esters (lactones) is 1. The Kier molecular flexibility index (Phi) is 11.8. The van der Waals surface area contributed by atoms with Crippen LogP contribution in [0.5, 0.6) is 0 Å². The topological polar surface area (TPSA) is 72.8 Å². The fraction of sp³-hybridized carbons (Fsp3) is 0.625. The van der Waals surface area contributed by atoms with Gasteiger partial charge in [0.05, 0.1) is 11.7 Å². The minimum Gasteiger partial charge on any atom is -0.454 e. The highest BCUT2D eigenvalue weighted by atomic mass is 16.5. The standard InChI is InChI=1S/C32H48O5/c1-21(18-23(3)12-14-28-24(4)13-15-29(34)36-28)10-9-11-22(2)19-25(5)30(35)27(7)31-26(6)20-32(8,37-31)16-17-33/h9,11-15,18-19,21,24-28,31,33H,10,16-17,20H2,1-8H3. The molecule has 2 aliphatic heterocycles. The minimum atomic E-state index is -0.344. The summed E-state index contributed by atoms with van der Waals surface area (Å²) in [5.41, 5.74) is 1.87. The van der Waals surface area contributed by atoms with Crippen LogP contribution in [-0.2, 0) is 19.1 Å². The number of allylic oxidation sites excluding steroid dienone is 7. The normalized spacial score (nSPS) is 31.6. The Morgan fingerprint density at radius 2 is 1.84 bits per heavy atom. The number of ether oxygens (including phenoxy) is 2. The molecule has 8 unspecified atom stereocenters. The maximum atomic E-state index is 13.2. The molecule has 8 atom stereocenters. The van der Waals surface area contributed by atoms with Gasteiger partial charge in [-0.15, -0.1) is 0 Å². The van der Waals surface area contributed by atoms with Crippen LogP contribution in [0.15, 0.2) is 59.8 Å². The van der Waals surface area contributed by atoms with Gasteiger partial charge in [0.2, 0.25) is 0 Å². The Morgan fingerprint density at radius 1 is 1.16 bits per heavy atom. The van der Waals surface area contributed by atoms with Crippen molar-refractivity contribution < 1.29 is 24.2 Å². The van der Waals surface area contributed by atoms with Crippen LogP contribution >= 0.6 is 0 Å². The predicted molar refractivity (Wildman–Crippen MR) is 150 cm³/mol. The van der Waals surface area contributed by atoms with Crippen molar-refractivity contribution in [3.05, 3.63) is 59.8 Å². The average molecular weight is 513 g/mol. The number of aliphatic hydroxyl groups excluding tert-OH is 1. The van der Waals surface area contributed by atoms with Gasteiger partial charge in [0.25, 0.3) is 0 Å². The molecule has 5 nitrogen and oxygen atoms in total. The second kappa shape index (κ2) is 14.1. The fourth-order valence-electron chi connectivity index (χ4n) is 5.51. The number of esters is 1. The van der Waals surface area contributed by atoms with E-state index in [9.17, 15) is 14.7 Å². The van der Waals surface area contributed by atoms with Crippen LogP contribution < -0.4 is 0 Å². The number of carbonyl (C=O) groups excluding carboxylic acids is 2. The number of hydrogen-bond donors (Lipinski definition) is 1. The van der Waals surface area contributed by atoms with Gasteiger partial charge in [-0.25, -0.2) is 4.79 Å². The number of Topliss-reactive ketones (excluding diaryl/α,β-unsaturated/α-hetero) is 1. The summed E-state index contributed by atoms with van der Waals surface area (Å²) in [5, 5.41) is 9.35. The van der Waals surface area contributed by atoms with Crippen molar-refractivity contribution in [2.75, 3.05) is 6.61 Å². The van der Waals surface area contributed by atoms with E-state index in [4.69, 9.17) is 9.47 Å². The van der Waals surface area contributed by atoms with E-state index < -0.39 is 0 Å². The molecule has 0 radical (unpaired) electrons. The number of ketones is 1. The van der Waals surface area contributed by atoms with Crippen LogP contribution in [0.25, 0.3) is 0 Å². The summed E-state index contributed by atoms with van der Waals surface area (Å²) in [5.74, 6) is 0.363. The van der Waals surface area contributed by atoms with E-state index >= 15 is 0 Å². The summed E-state index contributed by atoms with van der Waals surface area (Å²) in [7, 11) is 0. The van der Waals surface area contributed by atoms with Gasteiger partial charge in [-0.05, 0) is 57.9 Å². The lowest BCUT2D eigenvalue weighted by Gasteiger charge is -2.27. The van der Waals surface area contributed by atoms with Gasteiger partial charge >= 0.3 is 5.97 Å². The van der Waals surface area contributed by atoms with E-state index in [1.54, 1.807) is 0 Å². The monoisotopic (exact) mass is 512 g/mol. The van der Waals surface area contributed by atoms with Crippen molar-refractivity contribution in [2.24, 2.45) is 29.6 Å². The Hall–Kier alpha value is -2.24. The van der Waals surface area contributed by atoms with Crippen LogP contribution in [0, 0.1) is 29.6 Å². The second-order valence-electron chi connectivity index (χ2n) is 11.6. The zero-order valence-electron chi connectivity index (χ0n) is 24.1. The molecule has 2 heterocycles. The summed E-state index contributed by atoms with van der Waals surface area (Å²) in [6.07, 6.45) is 17.9. The Balaban J connectivity index is 1.87. The molecule has 37 heavy (non-hydrogen) atoms. The largest absolute Gasteiger partial charge is 0.454 e. The average Bonchev–Trinajstić information content (AvgIpc) is 3.12. The van der Waals surface area contributed by atoms with E-state index in [1.165, 1.54) is 6.08 Å². The van der Waals surface area contributed by atoms with Gasteiger partial charge in [-0.1, -0.05) is 82.2 Å². The highest BCUT2D eigenvalue weighted by Gasteiger charge is 2.44. The smallest absolute Gasteiger partial charge is 0.331 e. The highest BCUT2D eigenvalue weighted by molar-refractivity contribution is 5.85. The molecule has 0 amide bonds. The number of rotatable bonds is 12. The van der Waals surface area contributed by atoms with Gasteiger partial charge in [-0.2, -0.15) is 0 Å². The van der Waals surface area contributed by atoms with Crippen molar-refractivity contribution >= 4 is 11.8 Å². The minimum absolute atomic E-state index is 0.0995. The number of carbonyl (C=O) groups is 2. The van der Waals surface area contributed by atoms with Gasteiger partial charge in [0, 0.05) is 30.4 Å². The molecular weight excluding hydrogens is 464 g/mol. The molecule has 0 aromatic rings. The molecule has 5 heteroatoms. The maximum Gasteiger partial charge on any atom is 0.331 e. The molecule has 0 saturated carbocycles. The fourth-order valence-corrected chi connectivity index (χ4v) is 5.51. The Bertz CT molecular complexity index is 939. The molecule has 2 rings (SSSR count). The van der Waals surface area contributed by atoms with Gasteiger partial charge in [-0.3, -0.25) is 4.79 Å². The number of aliphatic hydroxyl groups is 1. The molecule has 1 fully saturated rings. The molecule has 0 spiro atoms. The van der Waals surface area contributed by atoms with E-state index in [2.05, 4.69) is 39.0 Å². The molecule has 0 bridgehead atoms. The third-order valence-corrected chi connectivity index (χ3v) is 7.57. The Morgan fingerprint density at radius 3 is 2.51 bits per heavy atom. The third kappa shape index (κ3) is 9.54. The molecule has 0 aromatic carbocycles. The summed E-state index contributed by atoms with van der Waals surface area (Å²) >= 11 is 0. The van der Waals surface area contributed by atoms with Crippen molar-refractivity contribution in [2.45, 2.75) is 92.5 Å². The molecule has 1 saturated heterocycles. The van der Waals surface area contributed by atoms with Gasteiger partial charge in [0.15, 0.2) is 0 Å². The summed E-state index contributed by atoms with van der Waals surface area (Å²) in [6, 6.07) is 0. The van der Waals surface area contributed by atoms with Crippen LogP contribution in [0.3, 0.4) is 0 Å². The SMILES string of the molecule is CC(C=CC1OC(=O)C=CC1C)=CC(C)CC=CC(C)=CC(C)C(=O)C(C)C1OC(C)(CCO)CC1C. The van der Waals surface area contributed by atoms with Crippen LogP contribution in [-0.4, -0.2) is 41.3 Å². The van der Waals surface area contributed by atoms with Crippen LogP contribution in [0.1, 0.15) is 74.7 Å².